The van der Waals surface area contributed by atoms with E-state index in [-0.39, 0.29) is 12.0 Å². The Balaban J connectivity index is 2.42. The lowest BCUT2D eigenvalue weighted by molar-refractivity contribution is -0.137. The monoisotopic (exact) mass is 243 g/mol. The van der Waals surface area contributed by atoms with Gasteiger partial charge in [-0.2, -0.15) is 0 Å². The predicted octanol–water partition coefficient (Wildman–Crippen LogP) is 1.56. The zero-order chi connectivity index (χ0) is 12.9. The summed E-state index contributed by atoms with van der Waals surface area (Å²) in [4.78, 5) is 13.8. The van der Waals surface area contributed by atoms with Gasteiger partial charge in [0.2, 0.25) is 5.91 Å². The summed E-state index contributed by atoms with van der Waals surface area (Å²) in [6.45, 7) is 7.17. The Hall–Kier alpha value is -0.610. The highest BCUT2D eigenvalue weighted by atomic mass is 16.5. The predicted molar refractivity (Wildman–Crippen MR) is 66.8 cm³/mol. The Morgan fingerprint density at radius 2 is 2.18 bits per heavy atom. The fraction of sp³-hybridized carbons (Fsp3) is 0.923. The van der Waals surface area contributed by atoms with E-state index in [1.54, 1.807) is 18.7 Å². The van der Waals surface area contributed by atoms with Crippen molar-refractivity contribution in [2.75, 3.05) is 19.7 Å². The van der Waals surface area contributed by atoms with Crippen molar-refractivity contribution >= 4 is 5.91 Å². The van der Waals surface area contributed by atoms with Gasteiger partial charge in [0.1, 0.15) is 0 Å². The molecule has 1 rings (SSSR count). The molecule has 100 valence electrons. The molecule has 4 heteroatoms. The van der Waals surface area contributed by atoms with E-state index in [9.17, 15) is 9.90 Å². The third-order valence-electron chi connectivity index (χ3n) is 2.99. The van der Waals surface area contributed by atoms with E-state index in [1.807, 2.05) is 6.92 Å². The van der Waals surface area contributed by atoms with E-state index in [1.165, 1.54) is 0 Å². The number of rotatable bonds is 5. The fourth-order valence-corrected chi connectivity index (χ4v) is 2.14. The molecular formula is C13H25NO3. The van der Waals surface area contributed by atoms with E-state index in [2.05, 4.69) is 0 Å². The molecule has 0 radical (unpaired) electrons. The molecule has 1 aliphatic rings. The maximum atomic E-state index is 12.1. The Labute approximate surface area is 104 Å². The second-order valence-corrected chi connectivity index (χ2v) is 5.41. The first kappa shape index (κ1) is 14.5. The SMILES string of the molecule is CCN(CC(C)(C)O)C(=O)CC1CCCCO1. The maximum Gasteiger partial charge on any atom is 0.225 e. The average molecular weight is 243 g/mol. The average Bonchev–Trinajstić information content (AvgIpc) is 2.26. The Kier molecular flexibility index (Phi) is 5.40. The molecule has 0 aromatic heterocycles. The summed E-state index contributed by atoms with van der Waals surface area (Å²) < 4.78 is 5.56. The first-order valence-corrected chi connectivity index (χ1v) is 6.54. The number of hydrogen-bond acceptors (Lipinski definition) is 3. The van der Waals surface area contributed by atoms with Crippen LogP contribution in [0.3, 0.4) is 0 Å². The molecule has 0 bridgehead atoms. The topological polar surface area (TPSA) is 49.8 Å². The van der Waals surface area contributed by atoms with Crippen LogP contribution in [-0.2, 0) is 9.53 Å². The molecule has 17 heavy (non-hydrogen) atoms. The van der Waals surface area contributed by atoms with Crippen LogP contribution in [0.15, 0.2) is 0 Å². The number of nitrogens with zero attached hydrogens (tertiary/aromatic N) is 1. The highest BCUT2D eigenvalue weighted by molar-refractivity contribution is 5.76. The smallest absolute Gasteiger partial charge is 0.225 e. The van der Waals surface area contributed by atoms with Crippen LogP contribution in [0.1, 0.15) is 46.5 Å². The van der Waals surface area contributed by atoms with Crippen LogP contribution in [0, 0.1) is 0 Å². The van der Waals surface area contributed by atoms with Gasteiger partial charge in [0, 0.05) is 19.7 Å². The second kappa shape index (κ2) is 6.36. The number of amides is 1. The van der Waals surface area contributed by atoms with Crippen molar-refractivity contribution in [3.05, 3.63) is 0 Å². The van der Waals surface area contributed by atoms with Gasteiger partial charge in [-0.25, -0.2) is 0 Å². The number of hydrogen-bond donors (Lipinski definition) is 1. The van der Waals surface area contributed by atoms with Crippen molar-refractivity contribution < 1.29 is 14.6 Å². The minimum absolute atomic E-state index is 0.0760. The summed E-state index contributed by atoms with van der Waals surface area (Å²) in [6, 6.07) is 0. The van der Waals surface area contributed by atoms with Crippen molar-refractivity contribution in [1.82, 2.24) is 4.90 Å². The van der Waals surface area contributed by atoms with Crippen LogP contribution in [0.4, 0.5) is 0 Å². The molecule has 0 spiro atoms. The minimum atomic E-state index is -0.834. The number of carbonyl (C=O) groups excluding carboxylic acids is 1. The molecule has 0 aromatic rings. The third kappa shape index (κ3) is 5.50. The summed E-state index contributed by atoms with van der Waals surface area (Å²) in [5.74, 6) is 0.0847. The quantitative estimate of drug-likeness (QED) is 0.797. The molecule has 1 heterocycles. The molecule has 0 aromatic carbocycles. The lowest BCUT2D eigenvalue weighted by Gasteiger charge is -2.30. The fourth-order valence-electron chi connectivity index (χ4n) is 2.14. The van der Waals surface area contributed by atoms with Gasteiger partial charge in [-0.1, -0.05) is 0 Å². The molecule has 1 saturated heterocycles. The van der Waals surface area contributed by atoms with Crippen molar-refractivity contribution in [2.45, 2.75) is 58.2 Å². The molecule has 1 fully saturated rings. The van der Waals surface area contributed by atoms with Gasteiger partial charge < -0.3 is 14.7 Å². The van der Waals surface area contributed by atoms with E-state index in [0.29, 0.717) is 19.5 Å². The van der Waals surface area contributed by atoms with Crippen molar-refractivity contribution in [3.8, 4) is 0 Å². The Bertz CT molecular complexity index is 242. The molecule has 0 saturated carbocycles. The lowest BCUT2D eigenvalue weighted by atomic mass is 10.0. The first-order chi connectivity index (χ1) is 7.92. The summed E-state index contributed by atoms with van der Waals surface area (Å²) in [6.07, 6.45) is 3.75. The number of likely N-dealkylation sites (N-methyl/N-ethyl adjacent to an activating group) is 1. The maximum absolute atomic E-state index is 12.1. The molecule has 1 aliphatic heterocycles. The van der Waals surface area contributed by atoms with E-state index >= 15 is 0 Å². The summed E-state index contributed by atoms with van der Waals surface area (Å²) in [5.41, 5.74) is -0.834. The minimum Gasteiger partial charge on any atom is -0.389 e. The highest BCUT2D eigenvalue weighted by Gasteiger charge is 2.24. The lowest BCUT2D eigenvalue weighted by Crippen LogP contribution is -2.43. The van der Waals surface area contributed by atoms with Crippen LogP contribution in [0.25, 0.3) is 0 Å². The molecule has 1 amide bonds. The molecule has 1 unspecified atom stereocenters. The normalized spacial score (nSPS) is 21.3. The molecule has 4 nitrogen and oxygen atoms in total. The standard InChI is InChI=1S/C13H25NO3/c1-4-14(10-13(2,3)16)12(15)9-11-7-5-6-8-17-11/h11,16H,4-10H2,1-3H3. The van der Waals surface area contributed by atoms with Crippen LogP contribution in [-0.4, -0.2) is 47.3 Å². The van der Waals surface area contributed by atoms with Crippen molar-refractivity contribution in [2.24, 2.45) is 0 Å². The van der Waals surface area contributed by atoms with Gasteiger partial charge >= 0.3 is 0 Å². The van der Waals surface area contributed by atoms with Gasteiger partial charge in [0.25, 0.3) is 0 Å². The summed E-state index contributed by atoms with van der Waals surface area (Å²) >= 11 is 0. The Morgan fingerprint density at radius 3 is 2.65 bits per heavy atom. The number of aliphatic hydroxyl groups is 1. The molecule has 1 N–H and O–H groups in total. The van der Waals surface area contributed by atoms with Crippen molar-refractivity contribution in [1.29, 1.82) is 0 Å². The van der Waals surface area contributed by atoms with Gasteiger partial charge in [-0.3, -0.25) is 4.79 Å². The van der Waals surface area contributed by atoms with E-state index in [0.717, 1.165) is 25.9 Å². The van der Waals surface area contributed by atoms with Crippen LogP contribution in [0.2, 0.25) is 0 Å². The van der Waals surface area contributed by atoms with E-state index < -0.39 is 5.60 Å². The number of ether oxygens (including phenoxy) is 1. The molecular weight excluding hydrogens is 218 g/mol. The molecule has 1 atom stereocenters. The zero-order valence-corrected chi connectivity index (χ0v) is 11.2. The summed E-state index contributed by atoms with van der Waals surface area (Å²) in [5, 5.41) is 9.75. The third-order valence-corrected chi connectivity index (χ3v) is 2.99. The van der Waals surface area contributed by atoms with E-state index in [4.69, 9.17) is 4.74 Å². The first-order valence-electron chi connectivity index (χ1n) is 6.54. The summed E-state index contributed by atoms with van der Waals surface area (Å²) in [7, 11) is 0. The highest BCUT2D eigenvalue weighted by Crippen LogP contribution is 2.17. The van der Waals surface area contributed by atoms with Crippen LogP contribution in [0.5, 0.6) is 0 Å². The second-order valence-electron chi connectivity index (χ2n) is 5.41. The van der Waals surface area contributed by atoms with Gasteiger partial charge in [0.15, 0.2) is 0 Å². The van der Waals surface area contributed by atoms with Crippen molar-refractivity contribution in [3.63, 3.8) is 0 Å². The molecule has 0 aliphatic carbocycles. The van der Waals surface area contributed by atoms with Gasteiger partial charge in [-0.15, -0.1) is 0 Å². The van der Waals surface area contributed by atoms with Crippen LogP contribution < -0.4 is 0 Å². The Morgan fingerprint density at radius 1 is 1.47 bits per heavy atom. The zero-order valence-electron chi connectivity index (χ0n) is 11.2. The largest absolute Gasteiger partial charge is 0.389 e. The van der Waals surface area contributed by atoms with Gasteiger partial charge in [-0.05, 0) is 40.0 Å². The van der Waals surface area contributed by atoms with Crippen LogP contribution >= 0.6 is 0 Å². The number of carbonyl (C=O) groups is 1. The van der Waals surface area contributed by atoms with Gasteiger partial charge in [0.05, 0.1) is 18.1 Å².